The van der Waals surface area contributed by atoms with Crippen molar-refractivity contribution in [1.29, 1.82) is 0 Å². The first-order valence-electron chi connectivity index (χ1n) is 17.1. The van der Waals surface area contributed by atoms with Crippen molar-refractivity contribution in [3.63, 3.8) is 0 Å². The molecule has 0 fully saturated rings. The molecule has 232 valence electrons. The summed E-state index contributed by atoms with van der Waals surface area (Å²) in [6.07, 6.45) is 33.9. The summed E-state index contributed by atoms with van der Waals surface area (Å²) in [6, 6.07) is 0. The van der Waals surface area contributed by atoms with Crippen LogP contribution in [0.25, 0.3) is 0 Å². The second kappa shape index (κ2) is 30.1. The van der Waals surface area contributed by atoms with Gasteiger partial charge in [-0.2, -0.15) is 0 Å². The van der Waals surface area contributed by atoms with E-state index in [1.807, 2.05) is 0 Å². The molecule has 0 heterocycles. The molecule has 0 saturated heterocycles. The maximum atomic E-state index is 10.6. The molecule has 0 spiro atoms. The van der Waals surface area contributed by atoms with E-state index in [0.717, 1.165) is 43.3 Å². The summed E-state index contributed by atoms with van der Waals surface area (Å²) in [7, 11) is 4.33. The molecule has 0 saturated carbocycles. The number of aliphatic hydroxyl groups is 2. The van der Waals surface area contributed by atoms with Crippen LogP contribution in [0.4, 0.5) is 0 Å². The second-order valence-corrected chi connectivity index (χ2v) is 13.0. The predicted octanol–water partition coefficient (Wildman–Crippen LogP) is 6.97. The Morgan fingerprint density at radius 2 is 0.605 bits per heavy atom. The topological polar surface area (TPSA) is 40.5 Å². The van der Waals surface area contributed by atoms with E-state index in [0.29, 0.717) is 0 Å². The van der Waals surface area contributed by atoms with Gasteiger partial charge in [0.05, 0.1) is 14.1 Å². The van der Waals surface area contributed by atoms with Gasteiger partial charge >= 0.3 is 0 Å². The van der Waals surface area contributed by atoms with Gasteiger partial charge in [0, 0.05) is 0 Å². The van der Waals surface area contributed by atoms with Crippen molar-refractivity contribution < 1.29 is 27.1 Å². The van der Waals surface area contributed by atoms with Gasteiger partial charge in [-0.1, -0.05) is 168 Å². The molecule has 0 rings (SSSR count). The molecule has 3 nitrogen and oxygen atoms in total. The fourth-order valence-corrected chi connectivity index (χ4v) is 5.84. The SMILES string of the molecule is CCCCCCCCCCCCCCC(O)C[N+](C)(C)CC(O)CCCCCCCCCCCCCC.[Cl-]. The van der Waals surface area contributed by atoms with E-state index in [4.69, 9.17) is 0 Å². The van der Waals surface area contributed by atoms with E-state index in [1.54, 1.807) is 0 Å². The Morgan fingerprint density at radius 1 is 0.395 bits per heavy atom. The van der Waals surface area contributed by atoms with Gasteiger partial charge in [0.1, 0.15) is 25.3 Å². The number of hydrogen-bond acceptors (Lipinski definition) is 2. The highest BCUT2D eigenvalue weighted by Crippen LogP contribution is 2.16. The smallest absolute Gasteiger partial charge is 0.105 e. The van der Waals surface area contributed by atoms with Crippen molar-refractivity contribution >= 4 is 0 Å². The molecule has 0 radical (unpaired) electrons. The zero-order chi connectivity index (χ0) is 27.5. The molecule has 2 atom stereocenters. The minimum absolute atomic E-state index is 0. The largest absolute Gasteiger partial charge is 1.00 e. The molecular formula is C34H72ClNO2. The molecule has 0 aromatic carbocycles. The summed E-state index contributed by atoms with van der Waals surface area (Å²) in [5, 5.41) is 21.1. The van der Waals surface area contributed by atoms with Crippen molar-refractivity contribution in [3.8, 4) is 0 Å². The number of nitrogens with zero attached hydrogens (tertiary/aromatic N) is 1. The van der Waals surface area contributed by atoms with E-state index in [2.05, 4.69) is 27.9 Å². The van der Waals surface area contributed by atoms with E-state index in [1.165, 1.54) is 141 Å². The minimum Gasteiger partial charge on any atom is -1.00 e. The van der Waals surface area contributed by atoms with E-state index < -0.39 is 0 Å². The second-order valence-electron chi connectivity index (χ2n) is 13.0. The van der Waals surface area contributed by atoms with Crippen LogP contribution in [-0.4, -0.2) is 54.1 Å². The Hall–Kier alpha value is 0.170. The molecule has 0 bridgehead atoms. The molecule has 4 heteroatoms. The van der Waals surface area contributed by atoms with Crippen molar-refractivity contribution in [2.45, 2.75) is 193 Å². The molecule has 0 aromatic rings. The van der Waals surface area contributed by atoms with Crippen LogP contribution in [0.15, 0.2) is 0 Å². The zero-order valence-electron chi connectivity index (χ0n) is 26.7. The van der Waals surface area contributed by atoms with Gasteiger partial charge in [-0.3, -0.25) is 0 Å². The van der Waals surface area contributed by atoms with Crippen LogP contribution in [0.3, 0.4) is 0 Å². The number of unbranched alkanes of at least 4 members (excludes halogenated alkanes) is 22. The first-order valence-corrected chi connectivity index (χ1v) is 17.1. The molecular weight excluding hydrogens is 490 g/mol. The van der Waals surface area contributed by atoms with Crippen molar-refractivity contribution in [1.82, 2.24) is 0 Å². The Morgan fingerprint density at radius 3 is 0.842 bits per heavy atom. The third-order valence-electron chi connectivity index (χ3n) is 8.19. The van der Waals surface area contributed by atoms with Gasteiger partial charge in [0.15, 0.2) is 0 Å². The number of rotatable bonds is 30. The van der Waals surface area contributed by atoms with Crippen LogP contribution < -0.4 is 12.4 Å². The Labute approximate surface area is 246 Å². The number of halogens is 1. The summed E-state index contributed by atoms with van der Waals surface area (Å²) < 4.78 is 0.721. The molecule has 0 aliphatic heterocycles. The van der Waals surface area contributed by atoms with Crippen LogP contribution in [-0.2, 0) is 0 Å². The van der Waals surface area contributed by atoms with Crippen LogP contribution >= 0.6 is 0 Å². The maximum Gasteiger partial charge on any atom is 0.105 e. The standard InChI is InChI=1S/C34H72NO2.ClH/c1-5-7-9-11-13-15-17-19-21-23-25-27-29-33(36)31-35(3,4)32-34(37)30-28-26-24-22-20-18-16-14-12-10-8-6-2;/h33-34,36-37H,5-32H2,1-4H3;1H/q+1;/p-1. The highest BCUT2D eigenvalue weighted by molar-refractivity contribution is 4.60. The summed E-state index contributed by atoms with van der Waals surface area (Å²) >= 11 is 0. The quantitative estimate of drug-likeness (QED) is 0.0734. The average molecular weight is 562 g/mol. The monoisotopic (exact) mass is 562 g/mol. The van der Waals surface area contributed by atoms with E-state index in [9.17, 15) is 10.2 Å². The molecule has 0 aliphatic rings. The molecule has 38 heavy (non-hydrogen) atoms. The van der Waals surface area contributed by atoms with E-state index in [-0.39, 0.29) is 24.6 Å². The highest BCUT2D eigenvalue weighted by Gasteiger charge is 2.23. The van der Waals surface area contributed by atoms with Crippen LogP contribution in [0, 0.1) is 0 Å². The van der Waals surface area contributed by atoms with Crippen LogP contribution in [0.5, 0.6) is 0 Å². The fourth-order valence-electron chi connectivity index (χ4n) is 5.84. The normalized spacial score (nSPS) is 13.4. The maximum absolute atomic E-state index is 10.6. The first kappa shape index (κ1) is 40.3. The molecule has 2 unspecified atom stereocenters. The Kier molecular flexibility index (Phi) is 32.0. The summed E-state index contributed by atoms with van der Waals surface area (Å²) in [5.41, 5.74) is 0. The van der Waals surface area contributed by atoms with Crippen molar-refractivity contribution in [2.75, 3.05) is 27.2 Å². The molecule has 2 N–H and O–H groups in total. The van der Waals surface area contributed by atoms with Crippen molar-refractivity contribution in [3.05, 3.63) is 0 Å². The van der Waals surface area contributed by atoms with E-state index >= 15 is 0 Å². The van der Waals surface area contributed by atoms with Crippen LogP contribution in [0.1, 0.15) is 181 Å². The van der Waals surface area contributed by atoms with Crippen LogP contribution in [0.2, 0.25) is 0 Å². The minimum atomic E-state index is -0.239. The van der Waals surface area contributed by atoms with Gasteiger partial charge in [-0.05, 0) is 12.8 Å². The van der Waals surface area contributed by atoms with Gasteiger partial charge in [0.25, 0.3) is 0 Å². The highest BCUT2D eigenvalue weighted by atomic mass is 35.5. The summed E-state index contributed by atoms with van der Waals surface area (Å²) in [4.78, 5) is 0. The van der Waals surface area contributed by atoms with Gasteiger partial charge in [0.2, 0.25) is 0 Å². The zero-order valence-corrected chi connectivity index (χ0v) is 27.4. The number of hydrogen-bond donors (Lipinski definition) is 2. The third-order valence-corrected chi connectivity index (χ3v) is 8.19. The lowest BCUT2D eigenvalue weighted by Crippen LogP contribution is -3.00. The van der Waals surface area contributed by atoms with Gasteiger partial charge in [-0.15, -0.1) is 0 Å². The molecule has 0 amide bonds. The first-order chi connectivity index (χ1) is 17.9. The third kappa shape index (κ3) is 30.7. The van der Waals surface area contributed by atoms with Crippen molar-refractivity contribution in [2.24, 2.45) is 0 Å². The number of quaternary nitrogens is 1. The molecule has 0 aliphatic carbocycles. The lowest BCUT2D eigenvalue weighted by Gasteiger charge is -2.33. The fraction of sp³-hybridized carbons (Fsp3) is 1.00. The lowest BCUT2D eigenvalue weighted by molar-refractivity contribution is -0.896. The van der Waals surface area contributed by atoms with Gasteiger partial charge < -0.3 is 27.1 Å². The summed E-state index contributed by atoms with van der Waals surface area (Å²) in [6.45, 7) is 6.08. The summed E-state index contributed by atoms with van der Waals surface area (Å²) in [5.74, 6) is 0. The molecule has 0 aromatic heterocycles. The number of likely N-dealkylation sites (N-methyl/N-ethyl adjacent to an activating group) is 1. The van der Waals surface area contributed by atoms with Gasteiger partial charge in [-0.25, -0.2) is 0 Å². The number of aliphatic hydroxyl groups excluding tert-OH is 2. The Bertz CT molecular complexity index is 408. The predicted molar refractivity (Wildman–Crippen MR) is 165 cm³/mol. The Balaban J connectivity index is 0. The lowest BCUT2D eigenvalue weighted by atomic mass is 10.0. The average Bonchev–Trinajstić information content (AvgIpc) is 2.84.